The summed E-state index contributed by atoms with van der Waals surface area (Å²) in [7, 11) is 1.61. The molecule has 1 saturated heterocycles. The van der Waals surface area contributed by atoms with Gasteiger partial charge in [-0.1, -0.05) is 13.8 Å². The molecule has 2 aliphatic heterocycles. The summed E-state index contributed by atoms with van der Waals surface area (Å²) in [5, 5.41) is 10.0. The smallest absolute Gasteiger partial charge is 0.272 e. The highest BCUT2D eigenvalue weighted by Gasteiger charge is 2.46. The van der Waals surface area contributed by atoms with Crippen LogP contribution in [0, 0.1) is 5.92 Å². The molecule has 1 aromatic heterocycles. The summed E-state index contributed by atoms with van der Waals surface area (Å²) in [6.45, 7) is 7.78. The molecule has 3 rings (SSSR count). The zero-order valence-corrected chi connectivity index (χ0v) is 17.7. The maximum absolute atomic E-state index is 12.9. The molecule has 3 amide bonds. The molecule has 3 heterocycles. The van der Waals surface area contributed by atoms with Crippen molar-refractivity contribution in [1.82, 2.24) is 25.3 Å². The van der Waals surface area contributed by atoms with Crippen LogP contribution in [0.2, 0.25) is 0 Å². The van der Waals surface area contributed by atoms with Crippen LogP contribution in [0.5, 0.6) is 0 Å². The van der Waals surface area contributed by atoms with Crippen molar-refractivity contribution in [2.24, 2.45) is 5.92 Å². The van der Waals surface area contributed by atoms with Gasteiger partial charge in [0.2, 0.25) is 5.91 Å². The highest BCUT2D eigenvalue weighted by atomic mass is 16.5. The molecule has 29 heavy (non-hydrogen) atoms. The molecule has 0 aliphatic carbocycles. The Labute approximate surface area is 171 Å². The molecule has 1 aromatic rings. The first kappa shape index (κ1) is 21.3. The Balaban J connectivity index is 1.70. The summed E-state index contributed by atoms with van der Waals surface area (Å²) in [5.41, 5.74) is -0.593. The van der Waals surface area contributed by atoms with Crippen LogP contribution >= 0.6 is 0 Å². The molecule has 2 N–H and O–H groups in total. The summed E-state index contributed by atoms with van der Waals surface area (Å²) in [4.78, 5) is 39.6. The van der Waals surface area contributed by atoms with Crippen LogP contribution in [0.1, 0.15) is 61.0 Å². The van der Waals surface area contributed by atoms with E-state index in [4.69, 9.17) is 4.74 Å². The quantitative estimate of drug-likeness (QED) is 0.698. The van der Waals surface area contributed by atoms with Gasteiger partial charge in [0.25, 0.3) is 11.8 Å². The van der Waals surface area contributed by atoms with Gasteiger partial charge in [-0.15, -0.1) is 0 Å². The number of nitrogens with zero attached hydrogens (tertiary/aromatic N) is 3. The second-order valence-electron chi connectivity index (χ2n) is 8.49. The molecular formula is C20H31N5O4. The predicted octanol–water partition coefficient (Wildman–Crippen LogP) is 0.799. The van der Waals surface area contributed by atoms with E-state index in [2.05, 4.69) is 29.6 Å². The molecule has 9 nitrogen and oxygen atoms in total. The van der Waals surface area contributed by atoms with Gasteiger partial charge in [0, 0.05) is 32.8 Å². The summed E-state index contributed by atoms with van der Waals surface area (Å²) >= 11 is 0. The Morgan fingerprint density at radius 2 is 2.14 bits per heavy atom. The molecule has 0 bridgehead atoms. The van der Waals surface area contributed by atoms with E-state index >= 15 is 0 Å². The van der Waals surface area contributed by atoms with Gasteiger partial charge in [-0.05, 0) is 32.1 Å². The van der Waals surface area contributed by atoms with E-state index < -0.39 is 5.54 Å². The van der Waals surface area contributed by atoms with Crippen LogP contribution < -0.4 is 10.6 Å². The topological polar surface area (TPSA) is 106 Å². The molecule has 160 valence electrons. The van der Waals surface area contributed by atoms with Crippen LogP contribution in [0.3, 0.4) is 0 Å². The maximum Gasteiger partial charge on any atom is 0.272 e. The number of hydrogen-bond donors (Lipinski definition) is 2. The number of carbonyl (C=O) groups excluding carboxylic acids is 3. The number of aromatic nitrogens is 2. The normalized spacial score (nSPS) is 24.0. The maximum atomic E-state index is 12.9. The molecule has 0 spiro atoms. The fraction of sp³-hybridized carbons (Fsp3) is 0.700. The molecule has 2 atom stereocenters. The van der Waals surface area contributed by atoms with E-state index in [1.807, 2.05) is 0 Å². The van der Waals surface area contributed by atoms with Crippen LogP contribution in [0.15, 0.2) is 6.07 Å². The first-order chi connectivity index (χ1) is 13.7. The molecule has 0 saturated carbocycles. The van der Waals surface area contributed by atoms with Gasteiger partial charge in [0.1, 0.15) is 11.2 Å². The Morgan fingerprint density at radius 3 is 2.79 bits per heavy atom. The zero-order chi connectivity index (χ0) is 21.2. The Hall–Kier alpha value is -2.42. The van der Waals surface area contributed by atoms with Crippen molar-refractivity contribution in [3.8, 4) is 0 Å². The van der Waals surface area contributed by atoms with Crippen molar-refractivity contribution in [3.05, 3.63) is 17.5 Å². The third-order valence-corrected chi connectivity index (χ3v) is 5.74. The van der Waals surface area contributed by atoms with E-state index in [-0.39, 0.29) is 36.1 Å². The monoisotopic (exact) mass is 405 g/mol. The molecule has 1 fully saturated rings. The number of fused-ring (bicyclic) bond motifs is 1. The van der Waals surface area contributed by atoms with Gasteiger partial charge >= 0.3 is 0 Å². The lowest BCUT2D eigenvalue weighted by molar-refractivity contribution is -0.132. The van der Waals surface area contributed by atoms with Gasteiger partial charge in [0.15, 0.2) is 5.69 Å². The van der Waals surface area contributed by atoms with E-state index in [9.17, 15) is 14.4 Å². The minimum atomic E-state index is -1.07. The number of ether oxygens (including phenoxy) is 1. The second-order valence-corrected chi connectivity index (χ2v) is 8.49. The average Bonchev–Trinajstić information content (AvgIpc) is 3.33. The van der Waals surface area contributed by atoms with Crippen molar-refractivity contribution in [3.63, 3.8) is 0 Å². The molecule has 0 radical (unpaired) electrons. The summed E-state index contributed by atoms with van der Waals surface area (Å²) in [5.74, 6) is -0.425. The number of rotatable bonds is 7. The van der Waals surface area contributed by atoms with Crippen LogP contribution in [-0.4, -0.2) is 70.8 Å². The lowest BCUT2D eigenvalue weighted by atomic mass is 9.95. The Morgan fingerprint density at radius 1 is 1.38 bits per heavy atom. The molecule has 9 heteroatoms. The molecular weight excluding hydrogens is 374 g/mol. The lowest BCUT2D eigenvalue weighted by Gasteiger charge is -2.40. The average molecular weight is 405 g/mol. The van der Waals surface area contributed by atoms with Crippen molar-refractivity contribution >= 4 is 17.7 Å². The predicted molar refractivity (Wildman–Crippen MR) is 106 cm³/mol. The zero-order valence-electron chi connectivity index (χ0n) is 17.7. The largest absolute Gasteiger partial charge is 0.376 e. The Kier molecular flexibility index (Phi) is 6.26. The van der Waals surface area contributed by atoms with E-state index in [0.29, 0.717) is 24.7 Å². The van der Waals surface area contributed by atoms with Crippen molar-refractivity contribution in [2.45, 2.75) is 58.2 Å². The lowest BCUT2D eigenvalue weighted by Crippen LogP contribution is -2.62. The fourth-order valence-electron chi connectivity index (χ4n) is 3.61. The number of likely N-dealkylation sites (N-methyl/N-ethyl adjacent to an activating group) is 1. The van der Waals surface area contributed by atoms with Gasteiger partial charge in [-0.3, -0.25) is 19.1 Å². The number of amides is 3. The number of carbonyl (C=O) groups is 3. The standard InChI is InChI=1S/C20H31N5O4/c1-13(2)7-8-21-19(28)20(3)12-25-16(18(27)24(20)4)10-15(23-25)17(26)22-11-14-6-5-9-29-14/h10,13-14H,5-9,11-12H2,1-4H3,(H,21,28)(H,22,26)/t14-,20+/m1/s1. The fourth-order valence-corrected chi connectivity index (χ4v) is 3.61. The van der Waals surface area contributed by atoms with Crippen LogP contribution in [0.4, 0.5) is 0 Å². The second kappa shape index (κ2) is 8.52. The number of nitrogens with one attached hydrogen (secondary N) is 2. The van der Waals surface area contributed by atoms with Crippen LogP contribution in [-0.2, 0) is 16.1 Å². The van der Waals surface area contributed by atoms with Gasteiger partial charge < -0.3 is 20.3 Å². The summed E-state index contributed by atoms with van der Waals surface area (Å²) in [6.07, 6.45) is 2.81. The van der Waals surface area contributed by atoms with Crippen LogP contribution in [0.25, 0.3) is 0 Å². The summed E-state index contributed by atoms with van der Waals surface area (Å²) < 4.78 is 6.97. The molecule has 0 unspecified atom stereocenters. The van der Waals surface area contributed by atoms with Crippen molar-refractivity contribution < 1.29 is 19.1 Å². The molecule has 2 aliphatic rings. The van der Waals surface area contributed by atoms with E-state index in [1.165, 1.54) is 15.6 Å². The van der Waals surface area contributed by atoms with E-state index in [0.717, 1.165) is 25.9 Å². The Bertz CT molecular complexity index is 784. The first-order valence-electron chi connectivity index (χ1n) is 10.3. The van der Waals surface area contributed by atoms with Crippen molar-refractivity contribution in [2.75, 3.05) is 26.7 Å². The van der Waals surface area contributed by atoms with Gasteiger partial charge in [-0.25, -0.2) is 0 Å². The highest BCUT2D eigenvalue weighted by Crippen LogP contribution is 2.26. The van der Waals surface area contributed by atoms with Gasteiger partial charge in [0.05, 0.1) is 12.6 Å². The minimum absolute atomic E-state index is 0.0294. The summed E-state index contributed by atoms with van der Waals surface area (Å²) in [6, 6.07) is 1.49. The third-order valence-electron chi connectivity index (χ3n) is 5.74. The SMILES string of the molecule is CC(C)CCNC(=O)[C@]1(C)Cn2nc(C(=O)NC[C@H]3CCCO3)cc2C(=O)N1C. The third kappa shape index (κ3) is 4.44. The minimum Gasteiger partial charge on any atom is -0.376 e. The highest BCUT2D eigenvalue weighted by molar-refractivity contribution is 6.01. The number of hydrogen-bond acceptors (Lipinski definition) is 5. The molecule has 0 aromatic carbocycles. The van der Waals surface area contributed by atoms with Crippen molar-refractivity contribution in [1.29, 1.82) is 0 Å². The van der Waals surface area contributed by atoms with E-state index in [1.54, 1.807) is 14.0 Å². The first-order valence-corrected chi connectivity index (χ1v) is 10.3. The van der Waals surface area contributed by atoms with Gasteiger partial charge in [-0.2, -0.15) is 5.10 Å².